The number of benzene rings is 4. The van der Waals surface area contributed by atoms with E-state index in [1.807, 2.05) is 0 Å². The van der Waals surface area contributed by atoms with Crippen molar-refractivity contribution in [2.75, 3.05) is 12.4 Å². The molecule has 0 aromatic heterocycles. The molecule has 4 aromatic rings. The summed E-state index contributed by atoms with van der Waals surface area (Å²) in [6.07, 6.45) is 0. The normalized spacial score (nSPS) is 11.4. The molecule has 1 amide bonds. The molecule has 9 nitrogen and oxygen atoms in total. The average Bonchev–Trinajstić information content (AvgIpc) is 2.85. The van der Waals surface area contributed by atoms with E-state index in [9.17, 15) is 22.9 Å². The van der Waals surface area contributed by atoms with Crippen LogP contribution in [0.2, 0.25) is 10.0 Å². The van der Waals surface area contributed by atoms with Gasteiger partial charge in [0.25, 0.3) is 16.0 Å². The first-order valence-electron chi connectivity index (χ1n) is 10.6. The zero-order chi connectivity index (χ0) is 26.9. The van der Waals surface area contributed by atoms with Gasteiger partial charge in [-0.2, -0.15) is 13.5 Å². The zero-order valence-corrected chi connectivity index (χ0v) is 24.6. The Morgan fingerprint density at radius 3 is 2.39 bits per heavy atom. The van der Waals surface area contributed by atoms with Gasteiger partial charge in [-0.05, 0) is 48.2 Å². The van der Waals surface area contributed by atoms with Crippen LogP contribution in [-0.4, -0.2) is 26.0 Å². The number of hydrogen-bond acceptors (Lipinski definition) is 7. The number of nitrogens with zero attached hydrogens (tertiary/aromatic N) is 2. The quantitative estimate of drug-likeness (QED) is 0.203. The third-order valence-corrected chi connectivity index (χ3v) is 7.02. The number of ether oxygens (including phenoxy) is 1. The van der Waals surface area contributed by atoms with Crippen molar-refractivity contribution >= 4 is 67.1 Å². The maximum Gasteiger partial charge on any atom is 1.00 e. The Morgan fingerprint density at radius 2 is 1.74 bits per heavy atom. The van der Waals surface area contributed by atoms with Crippen molar-refractivity contribution in [2.24, 2.45) is 10.2 Å². The number of methoxy groups -OCH3 is 1. The summed E-state index contributed by atoms with van der Waals surface area (Å²) < 4.78 is 38.5. The third-order valence-electron chi connectivity index (χ3n) is 5.42. The van der Waals surface area contributed by atoms with Gasteiger partial charge in [-0.25, -0.2) is 0 Å². The Bertz CT molecular complexity index is 1700. The molecular formula is C25H18Cl2N3NaO6S. The first-order valence-corrected chi connectivity index (χ1v) is 12.8. The van der Waals surface area contributed by atoms with E-state index in [4.69, 9.17) is 27.9 Å². The van der Waals surface area contributed by atoms with Gasteiger partial charge in [0.15, 0.2) is 0 Å². The van der Waals surface area contributed by atoms with E-state index in [-0.39, 0.29) is 62.2 Å². The fourth-order valence-corrected chi connectivity index (χ4v) is 4.59. The van der Waals surface area contributed by atoms with E-state index < -0.39 is 26.7 Å². The van der Waals surface area contributed by atoms with Crippen LogP contribution in [0.25, 0.3) is 10.8 Å². The number of rotatable bonds is 6. The van der Waals surface area contributed by atoms with Crippen molar-refractivity contribution in [1.29, 1.82) is 0 Å². The van der Waals surface area contributed by atoms with Gasteiger partial charge in [0.1, 0.15) is 16.3 Å². The third kappa shape index (κ3) is 6.29. The van der Waals surface area contributed by atoms with Crippen LogP contribution in [0.3, 0.4) is 0 Å². The summed E-state index contributed by atoms with van der Waals surface area (Å²) in [7, 11) is -3.20. The topological polar surface area (TPSA) is 140 Å². The number of aryl methyl sites for hydroxylation is 1. The van der Waals surface area contributed by atoms with Gasteiger partial charge < -0.3 is 15.2 Å². The average molecular weight is 582 g/mol. The molecule has 13 heteroatoms. The number of fused-ring (bicyclic) bond motifs is 1. The Kier molecular flexibility index (Phi) is 9.43. The SMILES string of the molecule is COc1ccc(NC(=O)c2cc3ccccc3c(N=Nc3cc(Cl)c(C)cc3S(=O)(=O)O)c2[O-])c(Cl)c1.[Na+]. The van der Waals surface area contributed by atoms with Crippen LogP contribution in [0, 0.1) is 6.92 Å². The Labute approximate surface area is 250 Å². The largest absolute Gasteiger partial charge is 1.00 e. The molecule has 0 saturated heterocycles. The van der Waals surface area contributed by atoms with E-state index in [0.717, 1.165) is 6.07 Å². The van der Waals surface area contributed by atoms with Crippen molar-refractivity contribution < 1.29 is 57.2 Å². The smallest absolute Gasteiger partial charge is 0.870 e. The zero-order valence-electron chi connectivity index (χ0n) is 20.3. The molecule has 4 aromatic carbocycles. The van der Waals surface area contributed by atoms with Crippen molar-refractivity contribution in [3.05, 3.63) is 81.8 Å². The fraction of sp³-hybridized carbons (Fsp3) is 0.0800. The minimum absolute atomic E-state index is 0. The van der Waals surface area contributed by atoms with Crippen LogP contribution in [0.15, 0.2) is 75.8 Å². The molecule has 0 spiro atoms. The number of halogens is 2. The first kappa shape index (κ1) is 29.9. The molecule has 0 bridgehead atoms. The molecule has 0 heterocycles. The predicted octanol–water partition coefficient (Wildman–Crippen LogP) is 3.46. The fourth-order valence-electron chi connectivity index (χ4n) is 3.52. The van der Waals surface area contributed by atoms with Gasteiger partial charge in [-0.1, -0.05) is 53.2 Å². The summed E-state index contributed by atoms with van der Waals surface area (Å²) in [6, 6.07) is 15.1. The van der Waals surface area contributed by atoms with E-state index in [1.54, 1.807) is 37.3 Å². The van der Waals surface area contributed by atoms with Crippen LogP contribution in [-0.2, 0) is 10.1 Å². The molecular weight excluding hydrogens is 564 g/mol. The van der Waals surface area contributed by atoms with E-state index in [2.05, 4.69) is 15.5 Å². The molecule has 38 heavy (non-hydrogen) atoms. The number of azo groups is 1. The molecule has 0 unspecified atom stereocenters. The maximum absolute atomic E-state index is 13.4. The van der Waals surface area contributed by atoms with Crippen LogP contribution in [0.5, 0.6) is 11.5 Å². The van der Waals surface area contributed by atoms with Crippen molar-refractivity contribution in [3.8, 4) is 11.5 Å². The number of hydrogen-bond donors (Lipinski definition) is 2. The molecule has 0 atom stereocenters. The maximum atomic E-state index is 13.4. The first-order chi connectivity index (χ1) is 17.5. The molecule has 0 fully saturated rings. The molecule has 0 radical (unpaired) electrons. The second-order valence-corrected chi connectivity index (χ2v) is 10.1. The molecule has 0 aliphatic carbocycles. The summed E-state index contributed by atoms with van der Waals surface area (Å²) in [5.74, 6) is -1.01. The second-order valence-electron chi connectivity index (χ2n) is 7.87. The number of anilines is 1. The van der Waals surface area contributed by atoms with Crippen molar-refractivity contribution in [1.82, 2.24) is 0 Å². The number of carbonyl (C=O) groups is 1. The predicted molar refractivity (Wildman–Crippen MR) is 140 cm³/mol. The Hall–Kier alpha value is -2.70. The van der Waals surface area contributed by atoms with Gasteiger partial charge in [0, 0.05) is 22.0 Å². The minimum atomic E-state index is -4.67. The number of carbonyl (C=O) groups excluding carboxylic acids is 1. The molecule has 0 aliphatic rings. The molecule has 190 valence electrons. The van der Waals surface area contributed by atoms with E-state index >= 15 is 0 Å². The van der Waals surface area contributed by atoms with Crippen LogP contribution >= 0.6 is 23.2 Å². The van der Waals surface area contributed by atoms with Crippen molar-refractivity contribution in [2.45, 2.75) is 11.8 Å². The standard InChI is InChI=1S/C25H19Cl2N3O6S.Na/c1-13-9-22(37(33,34)35)21(12-18(13)26)29-30-23-16-6-4-3-5-14(16)10-17(24(23)31)25(32)28-20-8-7-15(36-2)11-19(20)27;/h3-12,31H,1-2H3,(H,28,32)(H,33,34,35);/q;+1/p-1. The minimum Gasteiger partial charge on any atom is -0.870 e. The van der Waals surface area contributed by atoms with E-state index in [1.165, 1.54) is 31.4 Å². The van der Waals surface area contributed by atoms with Crippen LogP contribution < -0.4 is 44.7 Å². The van der Waals surface area contributed by atoms with Gasteiger partial charge in [0.2, 0.25) is 0 Å². The molecule has 2 N–H and O–H groups in total. The summed E-state index contributed by atoms with van der Waals surface area (Å²) in [4.78, 5) is 12.5. The van der Waals surface area contributed by atoms with Crippen molar-refractivity contribution in [3.63, 3.8) is 0 Å². The van der Waals surface area contributed by atoms with Gasteiger partial charge in [-0.15, -0.1) is 5.11 Å². The van der Waals surface area contributed by atoms with Crippen LogP contribution in [0.1, 0.15) is 15.9 Å². The summed E-state index contributed by atoms with van der Waals surface area (Å²) >= 11 is 12.3. The van der Waals surface area contributed by atoms with E-state index in [0.29, 0.717) is 22.1 Å². The molecule has 4 rings (SSSR count). The summed E-state index contributed by atoms with van der Waals surface area (Å²) in [5.41, 5.74) is -0.0747. The molecule has 0 saturated carbocycles. The number of amides is 1. The summed E-state index contributed by atoms with van der Waals surface area (Å²) in [5, 5.41) is 25.1. The number of nitrogens with one attached hydrogen (secondary N) is 1. The second kappa shape index (κ2) is 12.0. The summed E-state index contributed by atoms with van der Waals surface area (Å²) in [6.45, 7) is 1.55. The Morgan fingerprint density at radius 1 is 1.03 bits per heavy atom. The monoisotopic (exact) mass is 581 g/mol. The van der Waals surface area contributed by atoms with Gasteiger partial charge >= 0.3 is 29.6 Å². The molecule has 0 aliphatic heterocycles. The van der Waals surface area contributed by atoms with Gasteiger partial charge in [0.05, 0.1) is 23.5 Å². The Balaban J connectivity index is 0.00000400. The van der Waals surface area contributed by atoms with Crippen LogP contribution in [0.4, 0.5) is 17.1 Å². The van der Waals surface area contributed by atoms with Gasteiger partial charge in [-0.3, -0.25) is 9.35 Å².